The van der Waals surface area contributed by atoms with Gasteiger partial charge in [0.2, 0.25) is 9.84 Å². The Morgan fingerprint density at radius 3 is 1.24 bits per heavy atom. The van der Waals surface area contributed by atoms with Crippen molar-refractivity contribution >= 4 is 73.6 Å². The highest BCUT2D eigenvalue weighted by Gasteiger charge is 2.24. The summed E-state index contributed by atoms with van der Waals surface area (Å²) in [6.07, 6.45) is 0. The van der Waals surface area contributed by atoms with Crippen LogP contribution in [0.3, 0.4) is 0 Å². The topological polar surface area (TPSA) is 112 Å². The molecule has 13 heteroatoms. The number of aliphatic hydroxyl groups excluding tert-OH is 2. The summed E-state index contributed by atoms with van der Waals surface area (Å²) in [4.78, 5) is 0.130. The normalized spacial score (nSPS) is 11.6. The van der Waals surface area contributed by atoms with Crippen molar-refractivity contribution in [3.8, 4) is 11.5 Å². The lowest BCUT2D eigenvalue weighted by Gasteiger charge is -2.15. The zero-order chi connectivity index (χ0) is 24.4. The summed E-state index contributed by atoms with van der Waals surface area (Å²) in [5, 5.41) is 17.4. The van der Waals surface area contributed by atoms with E-state index in [0.717, 1.165) is 0 Å². The predicted octanol–water partition coefficient (Wildman–Crippen LogP) is 4.34. The van der Waals surface area contributed by atoms with E-state index in [0.29, 0.717) is 29.4 Å². The second kappa shape index (κ2) is 14.3. The van der Waals surface area contributed by atoms with Gasteiger partial charge in [0.25, 0.3) is 0 Å². The van der Waals surface area contributed by atoms with Crippen LogP contribution in [0.4, 0.5) is 0 Å². The van der Waals surface area contributed by atoms with Crippen LogP contribution in [0, 0.1) is 0 Å². The fraction of sp³-hybridized carbons (Fsp3) is 0.400. The van der Waals surface area contributed by atoms with E-state index in [2.05, 4.69) is 63.7 Å². The van der Waals surface area contributed by atoms with Gasteiger partial charge >= 0.3 is 0 Å². The van der Waals surface area contributed by atoms with Gasteiger partial charge in [-0.25, -0.2) is 8.42 Å². The number of ether oxygens (including phenoxy) is 4. The maximum Gasteiger partial charge on any atom is 0.206 e. The van der Waals surface area contributed by atoms with E-state index in [4.69, 9.17) is 29.2 Å². The minimum Gasteiger partial charge on any atom is -0.489 e. The first-order chi connectivity index (χ1) is 15.7. The van der Waals surface area contributed by atoms with Crippen molar-refractivity contribution in [3.63, 3.8) is 0 Å². The number of halogens is 4. The fourth-order valence-electron chi connectivity index (χ4n) is 2.53. The van der Waals surface area contributed by atoms with Crippen LogP contribution in [-0.2, 0) is 19.3 Å². The Hall–Kier alpha value is -0.250. The molecule has 0 saturated heterocycles. The Balaban J connectivity index is 2.20. The van der Waals surface area contributed by atoms with Gasteiger partial charge in [-0.1, -0.05) is 0 Å². The highest BCUT2D eigenvalue weighted by molar-refractivity contribution is 9.11. The largest absolute Gasteiger partial charge is 0.489 e. The molecule has 0 aromatic heterocycles. The predicted molar refractivity (Wildman–Crippen MR) is 136 cm³/mol. The Bertz CT molecular complexity index is 911. The molecular weight excluding hydrogens is 720 g/mol. The Morgan fingerprint density at radius 1 is 0.606 bits per heavy atom. The van der Waals surface area contributed by atoms with Crippen molar-refractivity contribution in [1.82, 2.24) is 0 Å². The minimum absolute atomic E-state index is 0.0648. The Morgan fingerprint density at radius 2 is 0.939 bits per heavy atom. The summed E-state index contributed by atoms with van der Waals surface area (Å²) in [5.41, 5.74) is 0. The number of sulfone groups is 1. The van der Waals surface area contributed by atoms with Gasteiger partial charge in [0.15, 0.2) is 0 Å². The van der Waals surface area contributed by atoms with E-state index in [9.17, 15) is 8.42 Å². The first-order valence-corrected chi connectivity index (χ1v) is 14.2. The molecule has 0 saturated carbocycles. The lowest BCUT2D eigenvalue weighted by atomic mass is 10.3. The van der Waals surface area contributed by atoms with Gasteiger partial charge in [0.05, 0.1) is 67.3 Å². The van der Waals surface area contributed by atoms with Crippen LogP contribution in [0.25, 0.3) is 0 Å². The molecule has 0 heterocycles. The van der Waals surface area contributed by atoms with E-state index >= 15 is 0 Å². The fourth-order valence-corrected chi connectivity index (χ4v) is 7.33. The van der Waals surface area contributed by atoms with Crippen molar-refractivity contribution < 1.29 is 37.6 Å². The minimum atomic E-state index is -3.86. The van der Waals surface area contributed by atoms with Crippen LogP contribution in [0.1, 0.15) is 0 Å². The maximum absolute atomic E-state index is 13.3. The second-order valence-electron chi connectivity index (χ2n) is 6.30. The molecule has 2 N–H and O–H groups in total. The maximum atomic E-state index is 13.3. The molecule has 0 unspecified atom stereocenters. The number of aliphatic hydroxyl groups is 2. The molecule has 184 valence electrons. The smallest absolute Gasteiger partial charge is 0.206 e. The number of rotatable bonds is 14. The van der Waals surface area contributed by atoms with E-state index in [1.807, 2.05) is 0 Å². The molecule has 2 aromatic carbocycles. The molecule has 0 radical (unpaired) electrons. The molecule has 8 nitrogen and oxygen atoms in total. The zero-order valence-corrected chi connectivity index (χ0v) is 24.4. The lowest BCUT2D eigenvalue weighted by molar-refractivity contribution is 0.0702. The average molecular weight is 742 g/mol. The average Bonchev–Trinajstić information content (AvgIpc) is 2.76. The quantitative estimate of drug-likeness (QED) is 0.276. The third-order valence-corrected chi connectivity index (χ3v) is 8.05. The molecule has 0 atom stereocenters. The standard InChI is InChI=1S/C20H22Br4O8S/c21-15-9-13(10-16(22)19(15)31-7-5-29-3-1-25)33(27,28)14-11-17(23)20(18(24)12-14)32-8-6-30-4-2-26/h9-12,25-26H,1-8H2. The molecule has 0 aliphatic carbocycles. The van der Waals surface area contributed by atoms with E-state index in [1.54, 1.807) is 0 Å². The van der Waals surface area contributed by atoms with Crippen LogP contribution >= 0.6 is 63.7 Å². The molecule has 0 aliphatic heterocycles. The third-order valence-electron chi connectivity index (χ3n) is 3.98. The van der Waals surface area contributed by atoms with Gasteiger partial charge < -0.3 is 29.2 Å². The van der Waals surface area contributed by atoms with Crippen LogP contribution in [0.5, 0.6) is 11.5 Å². The lowest BCUT2D eigenvalue weighted by Crippen LogP contribution is -2.10. The molecule has 2 aromatic rings. The van der Waals surface area contributed by atoms with Gasteiger partial charge in [-0.15, -0.1) is 0 Å². The van der Waals surface area contributed by atoms with Gasteiger partial charge in [-0.3, -0.25) is 0 Å². The first-order valence-electron chi connectivity index (χ1n) is 9.58. The summed E-state index contributed by atoms with van der Waals surface area (Å²) in [6, 6.07) is 5.87. The SMILES string of the molecule is O=S(=O)(c1cc(Br)c(OCCOCCO)c(Br)c1)c1cc(Br)c(OCCOCCO)c(Br)c1. The van der Waals surface area contributed by atoms with Crippen molar-refractivity contribution in [2.24, 2.45) is 0 Å². The van der Waals surface area contributed by atoms with Crippen LogP contribution in [-0.4, -0.2) is 71.5 Å². The van der Waals surface area contributed by atoms with Crippen molar-refractivity contribution in [3.05, 3.63) is 42.2 Å². The Labute approximate surface area is 226 Å². The molecule has 0 spiro atoms. The molecule has 0 aliphatic rings. The molecule has 0 amide bonds. The molecule has 33 heavy (non-hydrogen) atoms. The van der Waals surface area contributed by atoms with Crippen molar-refractivity contribution in [1.29, 1.82) is 0 Å². The third kappa shape index (κ3) is 8.43. The number of hydrogen-bond donors (Lipinski definition) is 2. The molecule has 2 rings (SSSR count). The highest BCUT2D eigenvalue weighted by Crippen LogP contribution is 2.40. The molecule has 0 fully saturated rings. The van der Waals surface area contributed by atoms with Crippen LogP contribution in [0.2, 0.25) is 0 Å². The van der Waals surface area contributed by atoms with Gasteiger partial charge in [-0.2, -0.15) is 0 Å². The van der Waals surface area contributed by atoms with Crippen LogP contribution < -0.4 is 9.47 Å². The summed E-state index contributed by atoms with van der Waals surface area (Å²) in [7, 11) is -3.86. The zero-order valence-electron chi connectivity index (χ0n) is 17.2. The van der Waals surface area contributed by atoms with E-state index in [-0.39, 0.29) is 62.6 Å². The van der Waals surface area contributed by atoms with E-state index in [1.165, 1.54) is 24.3 Å². The van der Waals surface area contributed by atoms with Gasteiger partial charge in [0.1, 0.15) is 24.7 Å². The molecule has 0 bridgehead atoms. The summed E-state index contributed by atoms with van der Waals surface area (Å²) in [5.74, 6) is 0.882. The number of hydrogen-bond acceptors (Lipinski definition) is 8. The summed E-state index contributed by atoms with van der Waals surface area (Å²) in [6.45, 7) is 1.32. The second-order valence-corrected chi connectivity index (χ2v) is 11.7. The van der Waals surface area contributed by atoms with Crippen molar-refractivity contribution in [2.45, 2.75) is 9.79 Å². The van der Waals surface area contributed by atoms with Gasteiger partial charge in [0, 0.05) is 0 Å². The van der Waals surface area contributed by atoms with Gasteiger partial charge in [-0.05, 0) is 88.0 Å². The Kier molecular flexibility index (Phi) is 12.6. The first kappa shape index (κ1) is 29.0. The molecular formula is C20H22Br4O8S. The summed E-state index contributed by atoms with van der Waals surface area (Å²) >= 11 is 13.5. The van der Waals surface area contributed by atoms with Crippen molar-refractivity contribution in [2.75, 3.05) is 52.9 Å². The highest BCUT2D eigenvalue weighted by atomic mass is 79.9. The van der Waals surface area contributed by atoms with Crippen LogP contribution in [0.15, 0.2) is 51.9 Å². The monoisotopic (exact) mass is 738 g/mol. The number of benzene rings is 2. The summed E-state index contributed by atoms with van der Waals surface area (Å²) < 4.78 is 50.0. The van der Waals surface area contributed by atoms with E-state index < -0.39 is 9.84 Å².